The first-order valence-electron chi connectivity index (χ1n) is 4.75. The van der Waals surface area contributed by atoms with Gasteiger partial charge in [0.05, 0.1) is 12.7 Å². The topological polar surface area (TPSA) is 9.23 Å². The summed E-state index contributed by atoms with van der Waals surface area (Å²) in [5.74, 6) is 0.836. The lowest BCUT2D eigenvalue weighted by molar-refractivity contribution is 0.0649. The van der Waals surface area contributed by atoms with E-state index in [0.717, 1.165) is 12.5 Å². The Labute approximate surface area is 68.4 Å². The van der Waals surface area contributed by atoms with E-state index in [2.05, 4.69) is 12.2 Å². The molecule has 0 N–H and O–H groups in total. The van der Waals surface area contributed by atoms with Crippen molar-refractivity contribution >= 4 is 0 Å². The second kappa shape index (κ2) is 3.40. The highest BCUT2D eigenvalue weighted by atomic mass is 16.5. The van der Waals surface area contributed by atoms with Crippen LogP contribution in [0.1, 0.15) is 32.1 Å². The summed E-state index contributed by atoms with van der Waals surface area (Å²) < 4.78 is 5.58. The molecule has 0 aromatic rings. The van der Waals surface area contributed by atoms with Crippen LogP contribution in [0.15, 0.2) is 12.2 Å². The van der Waals surface area contributed by atoms with Gasteiger partial charge in [0, 0.05) is 0 Å². The van der Waals surface area contributed by atoms with Crippen molar-refractivity contribution in [2.75, 3.05) is 6.61 Å². The molecule has 0 saturated heterocycles. The molecule has 0 aromatic carbocycles. The standard InChI is InChI=1S/C10H16O/c1-2-5-9(6-3-1)10-7-4-8-11-10/h4,7,9-10H,1-3,5-6,8H2/t10-/m0/s1. The molecule has 0 spiro atoms. The number of hydrogen-bond donors (Lipinski definition) is 0. The van der Waals surface area contributed by atoms with Gasteiger partial charge in [0.15, 0.2) is 0 Å². The minimum atomic E-state index is 0.468. The summed E-state index contributed by atoms with van der Waals surface area (Å²) >= 11 is 0. The first kappa shape index (κ1) is 7.35. The first-order valence-corrected chi connectivity index (χ1v) is 4.75. The van der Waals surface area contributed by atoms with Gasteiger partial charge in [-0.1, -0.05) is 31.4 Å². The van der Waals surface area contributed by atoms with Crippen LogP contribution in [0.2, 0.25) is 0 Å². The zero-order chi connectivity index (χ0) is 7.52. The second-order valence-electron chi connectivity index (χ2n) is 3.62. The molecular formula is C10H16O. The lowest BCUT2D eigenvalue weighted by Gasteiger charge is -2.25. The number of rotatable bonds is 1. The Morgan fingerprint density at radius 2 is 1.91 bits per heavy atom. The zero-order valence-electron chi connectivity index (χ0n) is 6.96. The van der Waals surface area contributed by atoms with E-state index in [1.807, 2.05) is 0 Å². The Balaban J connectivity index is 1.87. The molecule has 2 rings (SSSR count). The Kier molecular flexibility index (Phi) is 2.27. The van der Waals surface area contributed by atoms with Crippen LogP contribution in [0.4, 0.5) is 0 Å². The van der Waals surface area contributed by atoms with Crippen LogP contribution in [-0.2, 0) is 4.74 Å². The Hall–Kier alpha value is -0.300. The molecule has 0 amide bonds. The van der Waals surface area contributed by atoms with Gasteiger partial charge in [0.2, 0.25) is 0 Å². The monoisotopic (exact) mass is 152 g/mol. The third-order valence-corrected chi connectivity index (χ3v) is 2.83. The minimum absolute atomic E-state index is 0.468. The second-order valence-corrected chi connectivity index (χ2v) is 3.62. The third kappa shape index (κ3) is 1.64. The van der Waals surface area contributed by atoms with Crippen LogP contribution in [-0.4, -0.2) is 12.7 Å². The molecule has 1 heterocycles. The lowest BCUT2D eigenvalue weighted by atomic mass is 9.85. The van der Waals surface area contributed by atoms with Crippen LogP contribution in [0.25, 0.3) is 0 Å². The molecule has 0 radical (unpaired) electrons. The maximum absolute atomic E-state index is 5.58. The Bertz CT molecular complexity index is 145. The summed E-state index contributed by atoms with van der Waals surface area (Å²) in [4.78, 5) is 0. The number of hydrogen-bond acceptors (Lipinski definition) is 1. The summed E-state index contributed by atoms with van der Waals surface area (Å²) in [5, 5.41) is 0. The highest BCUT2D eigenvalue weighted by Gasteiger charge is 2.23. The van der Waals surface area contributed by atoms with E-state index in [-0.39, 0.29) is 0 Å². The van der Waals surface area contributed by atoms with Crippen molar-refractivity contribution in [2.24, 2.45) is 5.92 Å². The fourth-order valence-corrected chi connectivity index (χ4v) is 2.17. The van der Waals surface area contributed by atoms with Gasteiger partial charge in [-0.05, 0) is 18.8 Å². The summed E-state index contributed by atoms with van der Waals surface area (Å²) in [5.41, 5.74) is 0. The summed E-state index contributed by atoms with van der Waals surface area (Å²) in [6.07, 6.45) is 11.9. The summed E-state index contributed by atoms with van der Waals surface area (Å²) in [6.45, 7) is 0.848. The molecular weight excluding hydrogens is 136 g/mol. The van der Waals surface area contributed by atoms with Crippen molar-refractivity contribution in [2.45, 2.75) is 38.2 Å². The molecule has 0 aromatic heterocycles. The molecule has 1 heteroatoms. The average Bonchev–Trinajstić information content (AvgIpc) is 2.58. The van der Waals surface area contributed by atoms with Crippen LogP contribution in [0.3, 0.4) is 0 Å². The van der Waals surface area contributed by atoms with Crippen LogP contribution >= 0.6 is 0 Å². The molecule has 0 unspecified atom stereocenters. The van der Waals surface area contributed by atoms with Gasteiger partial charge in [-0.15, -0.1) is 0 Å². The fraction of sp³-hybridized carbons (Fsp3) is 0.800. The highest BCUT2D eigenvalue weighted by molar-refractivity contribution is 4.99. The van der Waals surface area contributed by atoms with Gasteiger partial charge in [0.25, 0.3) is 0 Å². The first-order chi connectivity index (χ1) is 5.47. The van der Waals surface area contributed by atoms with E-state index in [1.54, 1.807) is 0 Å². The predicted octanol–water partition coefficient (Wildman–Crippen LogP) is 2.52. The Morgan fingerprint density at radius 3 is 2.55 bits per heavy atom. The van der Waals surface area contributed by atoms with E-state index in [1.165, 1.54) is 32.1 Å². The van der Waals surface area contributed by atoms with Crippen LogP contribution < -0.4 is 0 Å². The van der Waals surface area contributed by atoms with E-state index >= 15 is 0 Å². The number of ether oxygens (including phenoxy) is 1. The molecule has 1 saturated carbocycles. The highest BCUT2D eigenvalue weighted by Crippen LogP contribution is 2.29. The van der Waals surface area contributed by atoms with E-state index < -0.39 is 0 Å². The quantitative estimate of drug-likeness (QED) is 0.525. The lowest BCUT2D eigenvalue weighted by Crippen LogP contribution is -2.21. The van der Waals surface area contributed by atoms with Crippen LogP contribution in [0.5, 0.6) is 0 Å². The fourth-order valence-electron chi connectivity index (χ4n) is 2.17. The van der Waals surface area contributed by atoms with Gasteiger partial charge in [-0.2, -0.15) is 0 Å². The Morgan fingerprint density at radius 1 is 1.09 bits per heavy atom. The van der Waals surface area contributed by atoms with E-state index in [9.17, 15) is 0 Å². The molecule has 62 valence electrons. The van der Waals surface area contributed by atoms with Gasteiger partial charge in [-0.25, -0.2) is 0 Å². The van der Waals surface area contributed by atoms with Crippen molar-refractivity contribution in [1.29, 1.82) is 0 Å². The van der Waals surface area contributed by atoms with Gasteiger partial charge < -0.3 is 4.74 Å². The van der Waals surface area contributed by atoms with E-state index in [0.29, 0.717) is 6.10 Å². The summed E-state index contributed by atoms with van der Waals surface area (Å²) in [6, 6.07) is 0. The normalized spacial score (nSPS) is 32.9. The summed E-state index contributed by atoms with van der Waals surface area (Å²) in [7, 11) is 0. The molecule has 1 fully saturated rings. The van der Waals surface area contributed by atoms with Crippen molar-refractivity contribution in [3.8, 4) is 0 Å². The van der Waals surface area contributed by atoms with Gasteiger partial charge >= 0.3 is 0 Å². The maximum atomic E-state index is 5.58. The van der Waals surface area contributed by atoms with Crippen molar-refractivity contribution in [3.05, 3.63) is 12.2 Å². The van der Waals surface area contributed by atoms with E-state index in [4.69, 9.17) is 4.74 Å². The molecule has 1 aliphatic carbocycles. The molecule has 2 aliphatic rings. The van der Waals surface area contributed by atoms with Gasteiger partial charge in [-0.3, -0.25) is 0 Å². The van der Waals surface area contributed by atoms with Crippen molar-refractivity contribution in [3.63, 3.8) is 0 Å². The molecule has 0 bridgehead atoms. The molecule has 1 nitrogen and oxygen atoms in total. The van der Waals surface area contributed by atoms with Crippen molar-refractivity contribution < 1.29 is 4.74 Å². The molecule has 1 atom stereocenters. The minimum Gasteiger partial charge on any atom is -0.370 e. The molecule has 11 heavy (non-hydrogen) atoms. The maximum Gasteiger partial charge on any atom is 0.0789 e. The van der Waals surface area contributed by atoms with Gasteiger partial charge in [0.1, 0.15) is 0 Å². The SMILES string of the molecule is C1=C[C@@H](C2CCCCC2)OC1. The zero-order valence-corrected chi connectivity index (χ0v) is 6.96. The smallest absolute Gasteiger partial charge is 0.0789 e. The third-order valence-electron chi connectivity index (χ3n) is 2.83. The van der Waals surface area contributed by atoms with Crippen LogP contribution in [0, 0.1) is 5.92 Å². The predicted molar refractivity (Wildman–Crippen MR) is 45.5 cm³/mol. The average molecular weight is 152 g/mol. The largest absolute Gasteiger partial charge is 0.370 e. The molecule has 1 aliphatic heterocycles. The van der Waals surface area contributed by atoms with Crippen molar-refractivity contribution in [1.82, 2.24) is 0 Å².